The molecule has 0 aromatic carbocycles. The number of nitrogens with one attached hydrogen (secondary N) is 3. The van der Waals surface area contributed by atoms with Crippen LogP contribution in [-0.2, 0) is 4.79 Å². The zero-order chi connectivity index (χ0) is 11.4. The topological polar surface area (TPSA) is 105 Å². The highest BCUT2D eigenvalue weighted by atomic mass is 16.1. The summed E-state index contributed by atoms with van der Waals surface area (Å²) in [5.41, 5.74) is 2.45. The Morgan fingerprint density at radius 2 is 2.25 bits per heavy atom. The number of carbonyl (C=O) groups is 1. The highest BCUT2D eigenvalue weighted by molar-refractivity contribution is 5.77. The molecule has 86 valence electrons. The van der Waals surface area contributed by atoms with E-state index in [9.17, 15) is 4.79 Å². The van der Waals surface area contributed by atoms with Gasteiger partial charge in [-0.15, -0.1) is 0 Å². The Balaban J connectivity index is 1.95. The number of amides is 1. The largest absolute Gasteiger partial charge is 0.365 e. The lowest BCUT2D eigenvalue weighted by Gasteiger charge is -2.23. The van der Waals surface area contributed by atoms with Crippen LogP contribution >= 0.6 is 0 Å². The molecule has 1 aromatic rings. The second-order valence-corrected chi connectivity index (χ2v) is 3.62. The second-order valence-electron chi connectivity index (χ2n) is 3.62. The first-order valence-corrected chi connectivity index (χ1v) is 5.10. The molecule has 2 rings (SSSR count). The predicted molar refractivity (Wildman–Crippen MR) is 59.5 cm³/mol. The van der Waals surface area contributed by atoms with Gasteiger partial charge in [-0.1, -0.05) is 0 Å². The van der Waals surface area contributed by atoms with Crippen LogP contribution in [0.2, 0.25) is 0 Å². The fraction of sp³-hybridized carbons (Fsp3) is 0.444. The molecule has 1 fully saturated rings. The van der Waals surface area contributed by atoms with E-state index in [0.717, 1.165) is 6.42 Å². The summed E-state index contributed by atoms with van der Waals surface area (Å²) in [6.45, 7) is 0.619. The van der Waals surface area contributed by atoms with Gasteiger partial charge in [-0.25, -0.2) is 15.8 Å². The summed E-state index contributed by atoms with van der Waals surface area (Å²) in [5.74, 6) is 6.60. The number of anilines is 2. The van der Waals surface area contributed by atoms with Gasteiger partial charge in [-0.3, -0.25) is 4.79 Å². The Hall–Kier alpha value is -1.89. The number of rotatable bonds is 3. The van der Waals surface area contributed by atoms with Crippen molar-refractivity contribution in [3.63, 3.8) is 0 Å². The van der Waals surface area contributed by atoms with E-state index in [1.165, 1.54) is 6.33 Å². The number of hydrogen-bond donors (Lipinski definition) is 4. The maximum Gasteiger partial charge on any atom is 0.220 e. The summed E-state index contributed by atoms with van der Waals surface area (Å²) in [5, 5.41) is 6.01. The standard InChI is InChI=1S/C9H14N6O/c10-15-8-3-7(12-5-13-8)14-6-1-2-9(16)11-4-6/h3,5-6H,1-2,4,10H2,(H,11,16)(H2,12,13,14,15). The van der Waals surface area contributed by atoms with Gasteiger partial charge in [-0.2, -0.15) is 0 Å². The lowest BCUT2D eigenvalue weighted by molar-refractivity contribution is -0.122. The van der Waals surface area contributed by atoms with Gasteiger partial charge in [-0.05, 0) is 6.42 Å². The zero-order valence-electron chi connectivity index (χ0n) is 8.73. The number of nitrogen functional groups attached to an aromatic ring is 1. The van der Waals surface area contributed by atoms with E-state index in [2.05, 4.69) is 26.0 Å². The fourth-order valence-electron chi connectivity index (χ4n) is 1.58. The van der Waals surface area contributed by atoms with E-state index >= 15 is 0 Å². The van der Waals surface area contributed by atoms with E-state index in [1.54, 1.807) is 6.07 Å². The molecule has 16 heavy (non-hydrogen) atoms. The molecule has 1 aliphatic heterocycles. The summed E-state index contributed by atoms with van der Waals surface area (Å²) in [6, 6.07) is 1.93. The van der Waals surface area contributed by atoms with E-state index in [4.69, 9.17) is 5.84 Å². The maximum atomic E-state index is 11.0. The molecule has 5 N–H and O–H groups in total. The molecule has 1 aromatic heterocycles. The molecule has 7 heteroatoms. The molecular formula is C9H14N6O. The van der Waals surface area contributed by atoms with Crippen LogP contribution in [0.15, 0.2) is 12.4 Å². The first-order chi connectivity index (χ1) is 7.78. The molecule has 7 nitrogen and oxygen atoms in total. The van der Waals surface area contributed by atoms with Gasteiger partial charge in [0.15, 0.2) is 0 Å². The van der Waals surface area contributed by atoms with Gasteiger partial charge in [0.1, 0.15) is 18.0 Å². The van der Waals surface area contributed by atoms with Crippen molar-refractivity contribution in [1.29, 1.82) is 0 Å². The van der Waals surface area contributed by atoms with Crippen molar-refractivity contribution >= 4 is 17.5 Å². The molecule has 2 heterocycles. The summed E-state index contributed by atoms with van der Waals surface area (Å²) in [4.78, 5) is 18.9. The van der Waals surface area contributed by atoms with Gasteiger partial charge in [0, 0.05) is 25.1 Å². The van der Waals surface area contributed by atoms with Gasteiger partial charge in [0.25, 0.3) is 0 Å². The lowest BCUT2D eigenvalue weighted by Crippen LogP contribution is -2.42. The smallest absolute Gasteiger partial charge is 0.220 e. The number of nitrogens with two attached hydrogens (primary N) is 1. The third-order valence-corrected chi connectivity index (χ3v) is 2.43. The van der Waals surface area contributed by atoms with Crippen LogP contribution in [0.25, 0.3) is 0 Å². The van der Waals surface area contributed by atoms with Crippen molar-refractivity contribution in [2.45, 2.75) is 18.9 Å². The Labute approximate surface area is 92.8 Å². The summed E-state index contributed by atoms with van der Waals surface area (Å²) < 4.78 is 0. The van der Waals surface area contributed by atoms with E-state index in [-0.39, 0.29) is 11.9 Å². The van der Waals surface area contributed by atoms with E-state index in [1.807, 2.05) is 0 Å². The van der Waals surface area contributed by atoms with Gasteiger partial charge in [0.05, 0.1) is 0 Å². The van der Waals surface area contributed by atoms with E-state index in [0.29, 0.717) is 24.6 Å². The van der Waals surface area contributed by atoms with Crippen molar-refractivity contribution in [3.05, 3.63) is 12.4 Å². The minimum absolute atomic E-state index is 0.102. The van der Waals surface area contributed by atoms with Crippen LogP contribution in [0.4, 0.5) is 11.6 Å². The van der Waals surface area contributed by atoms with Crippen molar-refractivity contribution in [2.75, 3.05) is 17.3 Å². The predicted octanol–water partition coefficient (Wildman–Crippen LogP) is -0.547. The molecule has 0 saturated carbocycles. The normalized spacial score (nSPS) is 20.1. The number of nitrogens with zero attached hydrogens (tertiary/aromatic N) is 2. The Bertz CT molecular complexity index is 372. The molecule has 1 unspecified atom stereocenters. The molecular weight excluding hydrogens is 208 g/mol. The SMILES string of the molecule is NNc1cc(NC2CCC(=O)NC2)ncn1. The lowest BCUT2D eigenvalue weighted by atomic mass is 10.1. The monoisotopic (exact) mass is 222 g/mol. The number of piperidine rings is 1. The summed E-state index contributed by atoms with van der Waals surface area (Å²) in [7, 11) is 0. The van der Waals surface area contributed by atoms with Crippen LogP contribution in [0.5, 0.6) is 0 Å². The molecule has 1 amide bonds. The van der Waals surface area contributed by atoms with Crippen molar-refractivity contribution in [2.24, 2.45) is 5.84 Å². The van der Waals surface area contributed by atoms with Crippen LogP contribution in [0.1, 0.15) is 12.8 Å². The fourth-order valence-corrected chi connectivity index (χ4v) is 1.58. The maximum absolute atomic E-state index is 11.0. The van der Waals surface area contributed by atoms with Crippen LogP contribution in [0, 0.1) is 0 Å². The number of hydrogen-bond acceptors (Lipinski definition) is 6. The van der Waals surface area contributed by atoms with Crippen molar-refractivity contribution < 1.29 is 4.79 Å². The van der Waals surface area contributed by atoms with Crippen molar-refractivity contribution in [3.8, 4) is 0 Å². The Morgan fingerprint density at radius 1 is 1.44 bits per heavy atom. The third-order valence-electron chi connectivity index (χ3n) is 2.43. The number of aromatic nitrogens is 2. The number of hydrazine groups is 1. The van der Waals surface area contributed by atoms with Crippen LogP contribution < -0.4 is 21.9 Å². The van der Waals surface area contributed by atoms with Gasteiger partial charge >= 0.3 is 0 Å². The van der Waals surface area contributed by atoms with Gasteiger partial charge in [0.2, 0.25) is 5.91 Å². The first-order valence-electron chi connectivity index (χ1n) is 5.10. The molecule has 1 atom stereocenters. The zero-order valence-corrected chi connectivity index (χ0v) is 8.73. The first kappa shape index (κ1) is 10.6. The van der Waals surface area contributed by atoms with Crippen molar-refractivity contribution in [1.82, 2.24) is 15.3 Å². The van der Waals surface area contributed by atoms with Crippen LogP contribution in [0.3, 0.4) is 0 Å². The average molecular weight is 222 g/mol. The quantitative estimate of drug-likeness (QED) is 0.404. The molecule has 0 aliphatic carbocycles. The van der Waals surface area contributed by atoms with E-state index < -0.39 is 0 Å². The summed E-state index contributed by atoms with van der Waals surface area (Å²) in [6.07, 6.45) is 2.78. The Morgan fingerprint density at radius 3 is 2.94 bits per heavy atom. The minimum atomic E-state index is 0.102. The minimum Gasteiger partial charge on any atom is -0.365 e. The Kier molecular flexibility index (Phi) is 3.16. The highest BCUT2D eigenvalue weighted by Crippen LogP contribution is 2.12. The highest BCUT2D eigenvalue weighted by Gasteiger charge is 2.17. The number of carbonyl (C=O) groups excluding carboxylic acids is 1. The van der Waals surface area contributed by atoms with Crippen LogP contribution in [-0.4, -0.2) is 28.5 Å². The molecule has 0 spiro atoms. The van der Waals surface area contributed by atoms with Gasteiger partial charge < -0.3 is 16.1 Å². The molecule has 1 aliphatic rings. The second kappa shape index (κ2) is 4.75. The third kappa shape index (κ3) is 2.57. The summed E-state index contributed by atoms with van der Waals surface area (Å²) >= 11 is 0. The molecule has 0 bridgehead atoms. The molecule has 1 saturated heterocycles. The average Bonchev–Trinajstić information content (AvgIpc) is 2.32. The molecule has 0 radical (unpaired) electrons.